The Labute approximate surface area is 261 Å². The zero-order valence-electron chi connectivity index (χ0n) is 26.7. The third kappa shape index (κ3) is 3.24. The van der Waals surface area contributed by atoms with E-state index in [1.54, 1.807) is 6.92 Å². The van der Waals surface area contributed by atoms with Gasteiger partial charge in [0.15, 0.2) is 0 Å². The minimum atomic E-state index is -0.985. The SMILES string of the molecule is CC1(O)COC2(C[C@@H]([C@@H]3CC[C@]45C[C@]34C=C[C@@H]3[C@@]4(C)CC=C6C[C@@H](c7ccccc7)OC[C@]6(C)[C@@H]4C[C@@H](O)[C@]35C)C(=O)O2)C1. The van der Waals surface area contributed by atoms with Crippen molar-refractivity contribution in [2.24, 2.45) is 50.7 Å². The van der Waals surface area contributed by atoms with Crippen LogP contribution in [0.25, 0.3) is 0 Å². The summed E-state index contributed by atoms with van der Waals surface area (Å²) in [6, 6.07) is 10.6. The predicted molar refractivity (Wildman–Crippen MR) is 164 cm³/mol. The van der Waals surface area contributed by atoms with Crippen LogP contribution in [0.4, 0.5) is 0 Å². The standard InChI is InChI=1S/C38H48O6/c1-32(41)19-38(43-21-32)18-25(31(40)44-38)26-11-15-37-20-36(26,37)14-12-28-33(2)13-10-24-16-27(23-8-6-5-7-9-23)42-22-34(24,3)29(33)17-30(39)35(28,37)4/h5-10,12,14,25-30,39,41H,11,13,15-22H2,1-4H3/t25-,26-,27-,28+,29+,30+,32?,33+,34-,35-,36+,37+,38?/m0/s1. The molecule has 0 bridgehead atoms. The second-order valence-corrected chi connectivity index (χ2v) is 17.2. The van der Waals surface area contributed by atoms with Gasteiger partial charge in [-0.15, -0.1) is 0 Å². The summed E-state index contributed by atoms with van der Waals surface area (Å²) in [5.74, 6) is -0.590. The number of hydrogen-bond donors (Lipinski definition) is 2. The lowest BCUT2D eigenvalue weighted by Gasteiger charge is -2.67. The van der Waals surface area contributed by atoms with Crippen LogP contribution in [0, 0.1) is 50.7 Å². The fraction of sp³-hybridized carbons (Fsp3) is 0.711. The molecule has 1 aromatic carbocycles. The molecule has 3 saturated heterocycles. The maximum atomic E-state index is 13.4. The van der Waals surface area contributed by atoms with Crippen molar-refractivity contribution in [2.75, 3.05) is 13.2 Å². The van der Waals surface area contributed by atoms with E-state index < -0.39 is 17.5 Å². The smallest absolute Gasteiger partial charge is 0.312 e. The Morgan fingerprint density at radius 3 is 2.57 bits per heavy atom. The van der Waals surface area contributed by atoms with Gasteiger partial charge in [-0.2, -0.15) is 0 Å². The molecule has 6 nitrogen and oxygen atoms in total. The number of allylic oxidation sites excluding steroid dienone is 3. The van der Waals surface area contributed by atoms with Gasteiger partial charge in [0.25, 0.3) is 0 Å². The molecule has 13 atom stereocenters. The van der Waals surface area contributed by atoms with E-state index in [1.165, 1.54) is 11.1 Å². The normalized spacial score (nSPS) is 56.7. The average Bonchev–Trinajstić information content (AvgIpc) is 3.21. The van der Waals surface area contributed by atoms with Crippen LogP contribution in [0.3, 0.4) is 0 Å². The highest BCUT2D eigenvalue weighted by atomic mass is 16.7. The maximum absolute atomic E-state index is 13.4. The van der Waals surface area contributed by atoms with E-state index in [-0.39, 0.29) is 63.5 Å². The number of esters is 1. The second-order valence-electron chi connectivity index (χ2n) is 17.2. The van der Waals surface area contributed by atoms with Gasteiger partial charge in [0.05, 0.1) is 36.9 Å². The summed E-state index contributed by atoms with van der Waals surface area (Å²) in [6.45, 7) is 9.95. The summed E-state index contributed by atoms with van der Waals surface area (Å²) in [6.07, 6.45) is 13.9. The molecule has 0 aromatic heterocycles. The fourth-order valence-electron chi connectivity index (χ4n) is 13.1. The molecule has 3 saturated carbocycles. The van der Waals surface area contributed by atoms with Crippen LogP contribution in [0.2, 0.25) is 0 Å². The number of carbonyl (C=O) groups excluding carboxylic acids is 1. The van der Waals surface area contributed by atoms with Crippen molar-refractivity contribution in [3.05, 3.63) is 59.7 Å². The molecule has 5 aliphatic carbocycles. The first-order valence-electron chi connectivity index (χ1n) is 17.1. The molecule has 6 fully saturated rings. The van der Waals surface area contributed by atoms with E-state index in [2.05, 4.69) is 69.3 Å². The van der Waals surface area contributed by atoms with E-state index in [1.807, 2.05) is 0 Å². The minimum absolute atomic E-state index is 0.00189. The van der Waals surface area contributed by atoms with Crippen LogP contribution in [0.5, 0.6) is 0 Å². The van der Waals surface area contributed by atoms with Crippen molar-refractivity contribution in [2.45, 2.75) is 103 Å². The number of aliphatic hydroxyl groups excluding tert-OH is 1. The molecular formula is C38H48O6. The van der Waals surface area contributed by atoms with Crippen LogP contribution in [0.1, 0.15) is 90.7 Å². The highest BCUT2D eigenvalue weighted by Crippen LogP contribution is 2.89. The molecule has 2 unspecified atom stereocenters. The molecule has 0 amide bonds. The number of benzene rings is 1. The van der Waals surface area contributed by atoms with Crippen molar-refractivity contribution in [1.29, 1.82) is 0 Å². The first kappa shape index (κ1) is 28.3. The lowest BCUT2D eigenvalue weighted by atomic mass is 9.38. The molecule has 236 valence electrons. The molecule has 9 rings (SSSR count). The molecule has 6 heteroatoms. The zero-order chi connectivity index (χ0) is 30.5. The summed E-state index contributed by atoms with van der Waals surface area (Å²) in [4.78, 5) is 13.4. The molecule has 2 N–H and O–H groups in total. The Bertz CT molecular complexity index is 1480. The van der Waals surface area contributed by atoms with Gasteiger partial charge in [0, 0.05) is 23.7 Å². The molecule has 44 heavy (non-hydrogen) atoms. The van der Waals surface area contributed by atoms with Crippen molar-refractivity contribution in [3.63, 3.8) is 0 Å². The molecule has 3 heterocycles. The van der Waals surface area contributed by atoms with E-state index in [9.17, 15) is 15.0 Å². The lowest BCUT2D eigenvalue weighted by molar-refractivity contribution is -0.199. The summed E-state index contributed by atoms with van der Waals surface area (Å²) < 4.78 is 18.6. The van der Waals surface area contributed by atoms with Crippen molar-refractivity contribution in [3.8, 4) is 0 Å². The van der Waals surface area contributed by atoms with Crippen molar-refractivity contribution >= 4 is 5.97 Å². The van der Waals surface area contributed by atoms with Gasteiger partial charge in [-0.25, -0.2) is 0 Å². The lowest BCUT2D eigenvalue weighted by Crippen LogP contribution is -2.64. The first-order valence-corrected chi connectivity index (χ1v) is 17.1. The topological polar surface area (TPSA) is 85.2 Å². The number of fused-ring (bicyclic) bond motifs is 5. The predicted octanol–water partition coefficient (Wildman–Crippen LogP) is 6.28. The summed E-state index contributed by atoms with van der Waals surface area (Å²) >= 11 is 0. The maximum Gasteiger partial charge on any atom is 0.312 e. The average molecular weight is 601 g/mol. The van der Waals surface area contributed by atoms with Gasteiger partial charge in [0.1, 0.15) is 0 Å². The monoisotopic (exact) mass is 600 g/mol. The minimum Gasteiger partial charge on any atom is -0.433 e. The second kappa shape index (κ2) is 8.48. The Morgan fingerprint density at radius 2 is 1.82 bits per heavy atom. The molecule has 8 aliphatic rings. The van der Waals surface area contributed by atoms with Gasteiger partial charge in [-0.3, -0.25) is 4.79 Å². The van der Waals surface area contributed by atoms with E-state index in [4.69, 9.17) is 14.2 Å². The van der Waals surface area contributed by atoms with Crippen molar-refractivity contribution < 1.29 is 29.2 Å². The summed E-state index contributed by atoms with van der Waals surface area (Å²) in [7, 11) is 0. The van der Waals surface area contributed by atoms with Gasteiger partial charge in [-0.1, -0.05) is 74.9 Å². The van der Waals surface area contributed by atoms with Crippen LogP contribution in [-0.2, 0) is 19.0 Å². The molecule has 1 spiro atoms. The quantitative estimate of drug-likeness (QED) is 0.307. The summed E-state index contributed by atoms with van der Waals surface area (Å²) in [5, 5.41) is 23.0. The first-order chi connectivity index (χ1) is 20.8. The van der Waals surface area contributed by atoms with E-state index >= 15 is 0 Å². The van der Waals surface area contributed by atoms with E-state index in [0.29, 0.717) is 25.4 Å². The number of aliphatic hydroxyl groups is 2. The highest BCUT2D eigenvalue weighted by Gasteiger charge is 2.85. The van der Waals surface area contributed by atoms with Gasteiger partial charge in [-0.05, 0) is 85.0 Å². The van der Waals surface area contributed by atoms with Gasteiger partial charge in [0.2, 0.25) is 5.79 Å². The van der Waals surface area contributed by atoms with Crippen LogP contribution in [-0.4, -0.2) is 46.9 Å². The third-order valence-corrected chi connectivity index (χ3v) is 15.2. The molecule has 0 radical (unpaired) electrons. The molecule has 3 aliphatic heterocycles. The Kier molecular flexibility index (Phi) is 5.44. The Balaban J connectivity index is 1.04. The fourth-order valence-corrected chi connectivity index (χ4v) is 13.1. The third-order valence-electron chi connectivity index (χ3n) is 15.2. The van der Waals surface area contributed by atoms with Crippen LogP contribution in [0.15, 0.2) is 54.1 Å². The number of rotatable bonds is 2. The Morgan fingerprint density at radius 1 is 1.02 bits per heavy atom. The van der Waals surface area contributed by atoms with Gasteiger partial charge < -0.3 is 24.4 Å². The van der Waals surface area contributed by atoms with Crippen LogP contribution >= 0.6 is 0 Å². The van der Waals surface area contributed by atoms with Crippen LogP contribution < -0.4 is 0 Å². The number of ether oxygens (including phenoxy) is 3. The van der Waals surface area contributed by atoms with E-state index in [0.717, 1.165) is 38.5 Å². The number of carbonyl (C=O) groups is 1. The molecular weight excluding hydrogens is 552 g/mol. The Hall–Kier alpha value is -1.99. The number of hydrogen-bond acceptors (Lipinski definition) is 6. The zero-order valence-corrected chi connectivity index (χ0v) is 26.7. The molecule has 1 aromatic rings. The largest absolute Gasteiger partial charge is 0.433 e. The summed E-state index contributed by atoms with van der Waals surface area (Å²) in [5.41, 5.74) is 1.40. The highest BCUT2D eigenvalue weighted by molar-refractivity contribution is 5.76. The van der Waals surface area contributed by atoms with Gasteiger partial charge >= 0.3 is 5.97 Å². The van der Waals surface area contributed by atoms with Crippen molar-refractivity contribution in [1.82, 2.24) is 0 Å².